The first-order valence-corrected chi connectivity index (χ1v) is 10.0. The molecule has 1 aromatic carbocycles. The van der Waals surface area contributed by atoms with Gasteiger partial charge in [-0.25, -0.2) is 0 Å². The van der Waals surface area contributed by atoms with Gasteiger partial charge in [-0.15, -0.1) is 0 Å². The number of carbonyl (C=O) groups is 2. The van der Waals surface area contributed by atoms with Crippen molar-refractivity contribution in [2.24, 2.45) is 11.8 Å². The molecule has 0 saturated heterocycles. The number of hydrogen-bond acceptors (Lipinski definition) is 2. The van der Waals surface area contributed by atoms with Gasteiger partial charge >= 0.3 is 0 Å². The standard InChI is InChI=1S/C22H34N2O2/c1-5-6-15-23-20(25)16-11-13-17(14-12-16)21(26)24-19-10-8-7-9-18(19)22(2,3)4/h7-10,16-17H,5-6,11-15H2,1-4H3,(H,23,25)(H,24,26). The zero-order valence-electron chi connectivity index (χ0n) is 16.7. The van der Waals surface area contributed by atoms with Crippen LogP contribution in [0.5, 0.6) is 0 Å². The average molecular weight is 359 g/mol. The summed E-state index contributed by atoms with van der Waals surface area (Å²) in [5.41, 5.74) is 2.04. The number of rotatable bonds is 6. The second-order valence-electron chi connectivity index (χ2n) is 8.48. The molecule has 2 N–H and O–H groups in total. The Morgan fingerprint density at radius 3 is 2.15 bits per heavy atom. The van der Waals surface area contributed by atoms with E-state index in [0.717, 1.165) is 56.3 Å². The van der Waals surface area contributed by atoms with Crippen LogP contribution >= 0.6 is 0 Å². The number of carbonyl (C=O) groups excluding carboxylic acids is 2. The second-order valence-corrected chi connectivity index (χ2v) is 8.48. The van der Waals surface area contributed by atoms with Crippen molar-refractivity contribution in [1.82, 2.24) is 5.32 Å². The van der Waals surface area contributed by atoms with Crippen LogP contribution in [-0.4, -0.2) is 18.4 Å². The number of nitrogens with one attached hydrogen (secondary N) is 2. The van der Waals surface area contributed by atoms with Crippen molar-refractivity contribution >= 4 is 17.5 Å². The maximum atomic E-state index is 12.7. The Bertz CT molecular complexity index is 611. The van der Waals surface area contributed by atoms with Crippen molar-refractivity contribution in [2.45, 2.75) is 71.6 Å². The van der Waals surface area contributed by atoms with Crippen LogP contribution in [0, 0.1) is 11.8 Å². The molecule has 0 atom stereocenters. The first-order chi connectivity index (χ1) is 12.3. The SMILES string of the molecule is CCCCNC(=O)C1CCC(C(=O)Nc2ccccc2C(C)(C)C)CC1. The van der Waals surface area contributed by atoms with Crippen LogP contribution < -0.4 is 10.6 Å². The molecule has 1 fully saturated rings. The summed E-state index contributed by atoms with van der Waals surface area (Å²) < 4.78 is 0. The van der Waals surface area contributed by atoms with Crippen LogP contribution in [0.1, 0.15) is 71.8 Å². The number of unbranched alkanes of at least 4 members (excludes halogenated alkanes) is 1. The van der Waals surface area contributed by atoms with E-state index in [0.29, 0.717) is 0 Å². The van der Waals surface area contributed by atoms with Gasteiger partial charge in [0.15, 0.2) is 0 Å². The Labute approximate surface area is 158 Å². The van der Waals surface area contributed by atoms with Crippen molar-refractivity contribution in [3.63, 3.8) is 0 Å². The van der Waals surface area contributed by atoms with Crippen molar-refractivity contribution in [1.29, 1.82) is 0 Å². The van der Waals surface area contributed by atoms with E-state index < -0.39 is 0 Å². The zero-order chi connectivity index (χ0) is 19.2. The number of para-hydroxylation sites is 1. The largest absolute Gasteiger partial charge is 0.356 e. The summed E-state index contributed by atoms with van der Waals surface area (Å²) in [4.78, 5) is 24.9. The maximum Gasteiger partial charge on any atom is 0.227 e. The number of hydrogen-bond donors (Lipinski definition) is 2. The fraction of sp³-hybridized carbons (Fsp3) is 0.636. The van der Waals surface area contributed by atoms with Crippen LogP contribution in [0.4, 0.5) is 5.69 Å². The van der Waals surface area contributed by atoms with Gasteiger partial charge in [-0.1, -0.05) is 52.3 Å². The summed E-state index contributed by atoms with van der Waals surface area (Å²) in [6.45, 7) is 9.34. The summed E-state index contributed by atoms with van der Waals surface area (Å²) in [5, 5.41) is 6.16. The van der Waals surface area contributed by atoms with Crippen molar-refractivity contribution in [2.75, 3.05) is 11.9 Å². The minimum absolute atomic E-state index is 0.00252. The van der Waals surface area contributed by atoms with E-state index in [1.54, 1.807) is 0 Å². The molecule has 4 heteroatoms. The number of anilines is 1. The summed E-state index contributed by atoms with van der Waals surface area (Å²) in [7, 11) is 0. The molecule has 0 bridgehead atoms. The Morgan fingerprint density at radius 2 is 1.58 bits per heavy atom. The van der Waals surface area contributed by atoms with Crippen LogP contribution in [0.15, 0.2) is 24.3 Å². The molecule has 2 amide bonds. The molecule has 0 radical (unpaired) electrons. The predicted molar refractivity (Wildman–Crippen MR) is 107 cm³/mol. The monoisotopic (exact) mass is 358 g/mol. The fourth-order valence-corrected chi connectivity index (χ4v) is 3.63. The highest BCUT2D eigenvalue weighted by Crippen LogP contribution is 2.32. The minimum atomic E-state index is -0.0158. The Morgan fingerprint density at radius 1 is 1.00 bits per heavy atom. The predicted octanol–water partition coefficient (Wildman–Crippen LogP) is 4.65. The van der Waals surface area contributed by atoms with E-state index in [9.17, 15) is 9.59 Å². The lowest BCUT2D eigenvalue weighted by atomic mass is 9.80. The first kappa shape index (κ1) is 20.5. The third-order valence-electron chi connectivity index (χ3n) is 5.29. The topological polar surface area (TPSA) is 58.2 Å². The minimum Gasteiger partial charge on any atom is -0.356 e. The van der Waals surface area contributed by atoms with Gasteiger partial charge in [-0.05, 0) is 49.1 Å². The molecule has 1 aliphatic rings. The molecule has 1 aromatic rings. The van der Waals surface area contributed by atoms with Gasteiger partial charge in [0.05, 0.1) is 0 Å². The molecule has 0 heterocycles. The fourth-order valence-electron chi connectivity index (χ4n) is 3.63. The van der Waals surface area contributed by atoms with E-state index >= 15 is 0 Å². The van der Waals surface area contributed by atoms with Gasteiger partial charge in [-0.3, -0.25) is 9.59 Å². The molecule has 1 saturated carbocycles. The van der Waals surface area contributed by atoms with Crippen molar-refractivity contribution in [3.8, 4) is 0 Å². The lowest BCUT2D eigenvalue weighted by molar-refractivity contribution is -0.128. The summed E-state index contributed by atoms with van der Waals surface area (Å²) in [6.07, 6.45) is 5.29. The molecule has 2 rings (SSSR count). The molecule has 0 aromatic heterocycles. The van der Waals surface area contributed by atoms with Gasteiger partial charge < -0.3 is 10.6 Å². The quantitative estimate of drug-likeness (QED) is 0.728. The third kappa shape index (κ3) is 5.58. The highest BCUT2D eigenvalue weighted by molar-refractivity contribution is 5.93. The Hall–Kier alpha value is -1.84. The third-order valence-corrected chi connectivity index (χ3v) is 5.29. The van der Waals surface area contributed by atoms with Crippen molar-refractivity contribution < 1.29 is 9.59 Å². The number of amides is 2. The van der Waals surface area contributed by atoms with Gasteiger partial charge in [-0.2, -0.15) is 0 Å². The molecule has 1 aliphatic carbocycles. The van der Waals surface area contributed by atoms with Crippen LogP contribution in [-0.2, 0) is 15.0 Å². The summed E-state index contributed by atoms with van der Waals surface area (Å²) in [5.74, 6) is 0.322. The smallest absolute Gasteiger partial charge is 0.227 e. The van der Waals surface area contributed by atoms with Crippen molar-refractivity contribution in [3.05, 3.63) is 29.8 Å². The van der Waals surface area contributed by atoms with Crippen LogP contribution in [0.2, 0.25) is 0 Å². The normalized spacial score (nSPS) is 20.5. The van der Waals surface area contributed by atoms with Gasteiger partial charge in [0.1, 0.15) is 0 Å². The van der Waals surface area contributed by atoms with E-state index in [1.807, 2.05) is 18.2 Å². The van der Waals surface area contributed by atoms with Gasteiger partial charge in [0, 0.05) is 24.1 Å². The molecular formula is C22H34N2O2. The lowest BCUT2D eigenvalue weighted by Gasteiger charge is -2.28. The second kappa shape index (κ2) is 9.20. The van der Waals surface area contributed by atoms with E-state index in [-0.39, 0.29) is 29.1 Å². The molecule has 144 valence electrons. The Kier molecular flexibility index (Phi) is 7.24. The molecule has 0 unspecified atom stereocenters. The molecule has 4 nitrogen and oxygen atoms in total. The van der Waals surface area contributed by atoms with Crippen LogP contribution in [0.3, 0.4) is 0 Å². The molecule has 0 aliphatic heterocycles. The van der Waals surface area contributed by atoms with Crippen LogP contribution in [0.25, 0.3) is 0 Å². The molecule has 0 spiro atoms. The highest BCUT2D eigenvalue weighted by Gasteiger charge is 2.30. The van der Waals surface area contributed by atoms with E-state index in [4.69, 9.17) is 0 Å². The average Bonchev–Trinajstić information content (AvgIpc) is 2.61. The van der Waals surface area contributed by atoms with Gasteiger partial charge in [0.2, 0.25) is 11.8 Å². The molecular weight excluding hydrogens is 324 g/mol. The first-order valence-electron chi connectivity index (χ1n) is 10.0. The van der Waals surface area contributed by atoms with E-state index in [2.05, 4.69) is 44.4 Å². The molecule has 26 heavy (non-hydrogen) atoms. The highest BCUT2D eigenvalue weighted by atomic mass is 16.2. The Balaban J connectivity index is 1.89. The zero-order valence-corrected chi connectivity index (χ0v) is 16.7. The lowest BCUT2D eigenvalue weighted by Crippen LogP contribution is -2.36. The maximum absolute atomic E-state index is 12.7. The number of benzene rings is 1. The van der Waals surface area contributed by atoms with Gasteiger partial charge in [0.25, 0.3) is 0 Å². The summed E-state index contributed by atoms with van der Waals surface area (Å²) in [6, 6.07) is 8.03. The summed E-state index contributed by atoms with van der Waals surface area (Å²) >= 11 is 0. The van der Waals surface area contributed by atoms with E-state index in [1.165, 1.54) is 0 Å².